The van der Waals surface area contributed by atoms with Crippen LogP contribution in [0.1, 0.15) is 17.2 Å². The average molecular weight is 300 g/mol. The summed E-state index contributed by atoms with van der Waals surface area (Å²) in [6.07, 6.45) is 0. The number of aliphatic carboxylic acids is 1. The van der Waals surface area contributed by atoms with Gasteiger partial charge >= 0.3 is 5.97 Å². The molecule has 0 radical (unpaired) electrons. The van der Waals surface area contributed by atoms with E-state index in [4.69, 9.17) is 12.2 Å². The summed E-state index contributed by atoms with van der Waals surface area (Å²) >= 11 is 5.19. The molecular weight excluding hydrogens is 284 g/mol. The Labute approximate surface area is 128 Å². The molecule has 3 N–H and O–H groups in total. The van der Waals surface area contributed by atoms with Gasteiger partial charge in [0.1, 0.15) is 0 Å². The first-order valence-electron chi connectivity index (χ1n) is 6.48. The highest BCUT2D eigenvalue weighted by Gasteiger charge is 2.20. The van der Waals surface area contributed by atoms with E-state index in [1.54, 1.807) is 24.3 Å². The number of rotatable bonds is 4. The van der Waals surface area contributed by atoms with Gasteiger partial charge in [-0.15, -0.1) is 0 Å². The third-order valence-electron chi connectivity index (χ3n) is 2.93. The van der Waals surface area contributed by atoms with E-state index in [1.807, 2.05) is 37.3 Å². The van der Waals surface area contributed by atoms with Crippen molar-refractivity contribution in [3.63, 3.8) is 0 Å². The first-order valence-corrected chi connectivity index (χ1v) is 6.89. The molecule has 0 saturated heterocycles. The van der Waals surface area contributed by atoms with Crippen molar-refractivity contribution in [2.45, 2.75) is 13.0 Å². The average Bonchev–Trinajstić information content (AvgIpc) is 2.45. The fourth-order valence-corrected chi connectivity index (χ4v) is 2.19. The largest absolute Gasteiger partial charge is 0.479 e. The first kappa shape index (κ1) is 15.0. The van der Waals surface area contributed by atoms with Crippen molar-refractivity contribution in [1.29, 1.82) is 0 Å². The Balaban J connectivity index is 2.07. The number of carboxylic acids is 1. The number of thiocarbonyl (C=S) groups is 1. The van der Waals surface area contributed by atoms with Crippen molar-refractivity contribution >= 4 is 29.0 Å². The molecule has 2 rings (SSSR count). The zero-order chi connectivity index (χ0) is 15.2. The highest BCUT2D eigenvalue weighted by molar-refractivity contribution is 7.80. The topological polar surface area (TPSA) is 61.4 Å². The molecule has 0 aliphatic rings. The molecule has 2 aromatic carbocycles. The highest BCUT2D eigenvalue weighted by Crippen LogP contribution is 2.14. The summed E-state index contributed by atoms with van der Waals surface area (Å²) in [4.78, 5) is 11.4. The predicted molar refractivity (Wildman–Crippen MR) is 87.4 cm³/mol. The normalized spacial score (nSPS) is 11.5. The number of hydrogen-bond donors (Lipinski definition) is 3. The molecule has 0 saturated carbocycles. The molecule has 0 heterocycles. The lowest BCUT2D eigenvalue weighted by atomic mass is 10.1. The molecule has 2 aromatic rings. The Morgan fingerprint density at radius 1 is 1.14 bits per heavy atom. The number of hydrogen-bond acceptors (Lipinski definition) is 2. The molecule has 0 unspecified atom stereocenters. The summed E-state index contributed by atoms with van der Waals surface area (Å²) in [5.41, 5.74) is 2.57. The van der Waals surface area contributed by atoms with Gasteiger partial charge in [-0.25, -0.2) is 4.79 Å². The smallest absolute Gasteiger partial charge is 0.330 e. The van der Waals surface area contributed by atoms with E-state index < -0.39 is 12.0 Å². The van der Waals surface area contributed by atoms with Crippen LogP contribution >= 0.6 is 12.2 Å². The van der Waals surface area contributed by atoms with Crippen LogP contribution in [0, 0.1) is 6.92 Å². The van der Waals surface area contributed by atoms with Gasteiger partial charge in [0.2, 0.25) is 0 Å². The minimum atomic E-state index is -0.977. The van der Waals surface area contributed by atoms with Gasteiger partial charge in [-0.3, -0.25) is 0 Å². The second kappa shape index (κ2) is 6.85. The highest BCUT2D eigenvalue weighted by atomic mass is 32.1. The number of nitrogens with one attached hydrogen (secondary N) is 2. The fraction of sp³-hybridized carbons (Fsp3) is 0.125. The molecule has 0 aliphatic carbocycles. The molecule has 0 spiro atoms. The summed E-state index contributed by atoms with van der Waals surface area (Å²) in [5.74, 6) is -0.977. The van der Waals surface area contributed by atoms with Crippen LogP contribution in [0.3, 0.4) is 0 Å². The fourth-order valence-electron chi connectivity index (χ4n) is 1.95. The monoisotopic (exact) mass is 300 g/mol. The van der Waals surface area contributed by atoms with Gasteiger partial charge in [0.15, 0.2) is 11.2 Å². The zero-order valence-corrected chi connectivity index (χ0v) is 12.4. The summed E-state index contributed by atoms with van der Waals surface area (Å²) in [6, 6.07) is 15.8. The van der Waals surface area contributed by atoms with Crippen molar-refractivity contribution in [3.05, 3.63) is 65.7 Å². The van der Waals surface area contributed by atoms with Gasteiger partial charge in [-0.05, 0) is 42.4 Å². The summed E-state index contributed by atoms with van der Waals surface area (Å²) < 4.78 is 0. The third kappa shape index (κ3) is 4.29. The lowest BCUT2D eigenvalue weighted by molar-refractivity contribution is -0.139. The summed E-state index contributed by atoms with van der Waals surface area (Å²) in [5, 5.41) is 15.4. The number of aryl methyl sites for hydroxylation is 1. The molecule has 0 amide bonds. The molecule has 0 fully saturated rings. The minimum Gasteiger partial charge on any atom is -0.479 e. The van der Waals surface area contributed by atoms with Crippen LogP contribution in [0.2, 0.25) is 0 Å². The molecule has 1 atom stereocenters. The standard InChI is InChI=1S/C16H16N2O2S/c1-11-6-5-9-13(10-11)17-16(21)18-14(15(19)20)12-7-3-2-4-8-12/h2-10,14H,1H3,(H,19,20)(H2,17,18,21)/t14-/m0/s1. The van der Waals surface area contributed by atoms with Crippen molar-refractivity contribution in [2.75, 3.05) is 5.32 Å². The Morgan fingerprint density at radius 3 is 2.48 bits per heavy atom. The van der Waals surface area contributed by atoms with Crippen molar-refractivity contribution in [2.24, 2.45) is 0 Å². The van der Waals surface area contributed by atoms with Crippen molar-refractivity contribution in [3.8, 4) is 0 Å². The van der Waals surface area contributed by atoms with Gasteiger partial charge < -0.3 is 15.7 Å². The Morgan fingerprint density at radius 2 is 1.86 bits per heavy atom. The quantitative estimate of drug-likeness (QED) is 0.757. The molecular formula is C16H16N2O2S. The number of anilines is 1. The minimum absolute atomic E-state index is 0.275. The molecule has 0 aromatic heterocycles. The van der Waals surface area contributed by atoms with E-state index >= 15 is 0 Å². The van der Waals surface area contributed by atoms with Crippen LogP contribution in [0.4, 0.5) is 5.69 Å². The van der Waals surface area contributed by atoms with Crippen LogP contribution in [0.5, 0.6) is 0 Å². The molecule has 21 heavy (non-hydrogen) atoms. The molecule has 108 valence electrons. The maximum Gasteiger partial charge on any atom is 0.330 e. The van der Waals surface area contributed by atoms with Crippen LogP contribution < -0.4 is 10.6 Å². The maximum atomic E-state index is 11.4. The second-order valence-electron chi connectivity index (χ2n) is 4.65. The van der Waals surface area contributed by atoms with E-state index in [1.165, 1.54) is 0 Å². The SMILES string of the molecule is Cc1cccc(NC(=S)N[C@H](C(=O)O)c2ccccc2)c1. The van der Waals surface area contributed by atoms with E-state index in [-0.39, 0.29) is 5.11 Å². The Bertz CT molecular complexity index is 644. The zero-order valence-electron chi connectivity index (χ0n) is 11.5. The van der Waals surface area contributed by atoms with Gasteiger partial charge in [0, 0.05) is 5.69 Å². The molecule has 0 bridgehead atoms. The third-order valence-corrected chi connectivity index (χ3v) is 3.15. The maximum absolute atomic E-state index is 11.4. The van der Waals surface area contributed by atoms with Gasteiger partial charge in [0.25, 0.3) is 0 Å². The van der Waals surface area contributed by atoms with E-state index in [9.17, 15) is 9.90 Å². The lowest BCUT2D eigenvalue weighted by Crippen LogP contribution is -2.36. The van der Waals surface area contributed by atoms with Crippen LogP contribution in [-0.4, -0.2) is 16.2 Å². The second-order valence-corrected chi connectivity index (χ2v) is 5.06. The predicted octanol–water partition coefficient (Wildman–Crippen LogP) is 3.11. The Kier molecular flexibility index (Phi) is 4.90. The van der Waals surface area contributed by atoms with Gasteiger partial charge in [-0.1, -0.05) is 42.5 Å². The summed E-state index contributed by atoms with van der Waals surface area (Å²) in [6.45, 7) is 1.98. The Hall–Kier alpha value is -2.40. The van der Waals surface area contributed by atoms with Crippen molar-refractivity contribution < 1.29 is 9.90 Å². The summed E-state index contributed by atoms with van der Waals surface area (Å²) in [7, 11) is 0. The van der Waals surface area contributed by atoms with Gasteiger partial charge in [-0.2, -0.15) is 0 Å². The van der Waals surface area contributed by atoms with Crippen LogP contribution in [-0.2, 0) is 4.79 Å². The molecule has 4 nitrogen and oxygen atoms in total. The van der Waals surface area contributed by atoms with E-state index in [2.05, 4.69) is 10.6 Å². The van der Waals surface area contributed by atoms with Crippen LogP contribution in [0.15, 0.2) is 54.6 Å². The van der Waals surface area contributed by atoms with Gasteiger partial charge in [0.05, 0.1) is 0 Å². The van der Waals surface area contributed by atoms with E-state index in [0.29, 0.717) is 5.56 Å². The first-order chi connectivity index (χ1) is 10.1. The number of benzene rings is 2. The molecule has 0 aliphatic heterocycles. The lowest BCUT2D eigenvalue weighted by Gasteiger charge is -2.17. The number of carboxylic acid groups (broad SMARTS) is 1. The van der Waals surface area contributed by atoms with E-state index in [0.717, 1.165) is 11.3 Å². The molecule has 5 heteroatoms. The van der Waals surface area contributed by atoms with Crippen LogP contribution in [0.25, 0.3) is 0 Å². The number of carbonyl (C=O) groups is 1. The van der Waals surface area contributed by atoms with Crippen molar-refractivity contribution in [1.82, 2.24) is 5.32 Å².